The molecule has 0 atom stereocenters. The van der Waals surface area contributed by atoms with Crippen LogP contribution in [0.4, 0.5) is 5.69 Å². The van der Waals surface area contributed by atoms with Gasteiger partial charge < -0.3 is 10.5 Å². The molecular formula is C12H13BrN2OS. The molecule has 0 saturated heterocycles. The molecule has 0 radical (unpaired) electrons. The second-order valence-corrected chi connectivity index (χ2v) is 5.40. The number of halogens is 1. The summed E-state index contributed by atoms with van der Waals surface area (Å²) in [7, 11) is 1.70. The Kier molecular flexibility index (Phi) is 4.15. The van der Waals surface area contributed by atoms with E-state index in [1.54, 1.807) is 18.4 Å². The molecule has 0 fully saturated rings. The fraction of sp³-hybridized carbons (Fsp3) is 0.250. The molecule has 0 aliphatic heterocycles. The lowest BCUT2D eigenvalue weighted by molar-refractivity contribution is 0.202. The van der Waals surface area contributed by atoms with E-state index in [4.69, 9.17) is 10.5 Å². The number of aromatic nitrogens is 1. The summed E-state index contributed by atoms with van der Waals surface area (Å²) in [5, 5.41) is 3.14. The van der Waals surface area contributed by atoms with Crippen molar-refractivity contribution in [3.05, 3.63) is 33.1 Å². The molecule has 3 nitrogen and oxygen atoms in total. The number of anilines is 1. The standard InChI is InChI=1S/C12H13BrN2OS/c1-16-5-4-12-15-11(7-17-12)8-2-3-9(13)10(14)6-8/h2-3,6-7H,4-5,14H2,1H3. The third kappa shape index (κ3) is 3.06. The van der Waals surface area contributed by atoms with E-state index < -0.39 is 0 Å². The predicted molar refractivity (Wildman–Crippen MR) is 75.2 cm³/mol. The van der Waals surface area contributed by atoms with E-state index in [1.165, 1.54) is 0 Å². The predicted octanol–water partition coefficient (Wildman–Crippen LogP) is 3.34. The average molecular weight is 313 g/mol. The number of nitrogens with two attached hydrogens (primary N) is 1. The van der Waals surface area contributed by atoms with Crippen molar-refractivity contribution in [2.45, 2.75) is 6.42 Å². The number of hydrogen-bond acceptors (Lipinski definition) is 4. The second-order valence-electron chi connectivity index (χ2n) is 3.61. The zero-order chi connectivity index (χ0) is 12.3. The Labute approximate surface area is 113 Å². The van der Waals surface area contributed by atoms with E-state index in [1.807, 2.05) is 23.6 Å². The van der Waals surface area contributed by atoms with Crippen LogP contribution in [0.2, 0.25) is 0 Å². The third-order valence-electron chi connectivity index (χ3n) is 2.36. The van der Waals surface area contributed by atoms with Gasteiger partial charge in [-0.15, -0.1) is 11.3 Å². The minimum absolute atomic E-state index is 0.704. The van der Waals surface area contributed by atoms with Crippen LogP contribution in [0.5, 0.6) is 0 Å². The SMILES string of the molecule is COCCc1nc(-c2ccc(Br)c(N)c2)cs1. The molecular weight excluding hydrogens is 300 g/mol. The molecule has 1 heterocycles. The second kappa shape index (κ2) is 5.62. The number of ether oxygens (including phenoxy) is 1. The molecule has 0 bridgehead atoms. The Morgan fingerprint density at radius 3 is 3.00 bits per heavy atom. The molecule has 0 saturated carbocycles. The first-order valence-electron chi connectivity index (χ1n) is 5.19. The summed E-state index contributed by atoms with van der Waals surface area (Å²) < 4.78 is 5.95. The molecule has 0 spiro atoms. The number of benzene rings is 1. The average Bonchev–Trinajstić information content (AvgIpc) is 2.79. The van der Waals surface area contributed by atoms with Crippen LogP contribution in [-0.4, -0.2) is 18.7 Å². The first-order valence-corrected chi connectivity index (χ1v) is 6.86. The van der Waals surface area contributed by atoms with Gasteiger partial charge in [-0.1, -0.05) is 6.07 Å². The largest absolute Gasteiger partial charge is 0.398 e. The molecule has 90 valence electrons. The number of hydrogen-bond donors (Lipinski definition) is 1. The Morgan fingerprint density at radius 1 is 1.47 bits per heavy atom. The first-order chi connectivity index (χ1) is 8.20. The molecule has 2 rings (SSSR count). The van der Waals surface area contributed by atoms with Gasteiger partial charge in [0.2, 0.25) is 0 Å². The Morgan fingerprint density at radius 2 is 2.29 bits per heavy atom. The van der Waals surface area contributed by atoms with Gasteiger partial charge in [-0.25, -0.2) is 4.98 Å². The number of nitrogen functional groups attached to an aromatic ring is 1. The zero-order valence-corrected chi connectivity index (χ0v) is 11.8. The molecule has 0 aliphatic rings. The molecule has 1 aromatic heterocycles. The molecule has 17 heavy (non-hydrogen) atoms. The highest BCUT2D eigenvalue weighted by Gasteiger charge is 2.06. The van der Waals surface area contributed by atoms with Crippen LogP contribution in [0.1, 0.15) is 5.01 Å². The minimum Gasteiger partial charge on any atom is -0.398 e. The maximum Gasteiger partial charge on any atom is 0.0955 e. The summed E-state index contributed by atoms with van der Waals surface area (Å²) in [5.41, 5.74) is 8.60. The smallest absolute Gasteiger partial charge is 0.0955 e. The molecule has 5 heteroatoms. The van der Waals surface area contributed by atoms with E-state index >= 15 is 0 Å². The van der Waals surface area contributed by atoms with Crippen LogP contribution < -0.4 is 5.73 Å². The lowest BCUT2D eigenvalue weighted by atomic mass is 10.1. The highest BCUT2D eigenvalue weighted by atomic mass is 79.9. The van der Waals surface area contributed by atoms with Gasteiger partial charge in [0.15, 0.2) is 0 Å². The van der Waals surface area contributed by atoms with Gasteiger partial charge in [0.05, 0.1) is 17.3 Å². The molecule has 0 unspecified atom stereocenters. The maximum atomic E-state index is 5.85. The van der Waals surface area contributed by atoms with E-state index in [0.29, 0.717) is 6.61 Å². The Bertz CT molecular complexity index is 513. The van der Waals surface area contributed by atoms with Crippen LogP contribution in [0, 0.1) is 0 Å². The summed E-state index contributed by atoms with van der Waals surface area (Å²) >= 11 is 5.03. The normalized spacial score (nSPS) is 10.7. The summed E-state index contributed by atoms with van der Waals surface area (Å²) in [6, 6.07) is 5.88. The van der Waals surface area contributed by atoms with Crippen molar-refractivity contribution in [2.24, 2.45) is 0 Å². The molecule has 0 amide bonds. The number of rotatable bonds is 4. The molecule has 1 aromatic carbocycles. The zero-order valence-electron chi connectivity index (χ0n) is 9.44. The molecule has 2 aromatic rings. The van der Waals surface area contributed by atoms with E-state index in [-0.39, 0.29) is 0 Å². The van der Waals surface area contributed by atoms with Crippen molar-refractivity contribution >= 4 is 33.0 Å². The van der Waals surface area contributed by atoms with E-state index in [9.17, 15) is 0 Å². The third-order valence-corrected chi connectivity index (χ3v) is 3.99. The Hall–Kier alpha value is -0.910. The number of nitrogens with zero attached hydrogens (tertiary/aromatic N) is 1. The lowest BCUT2D eigenvalue weighted by Gasteiger charge is -2.01. The lowest BCUT2D eigenvalue weighted by Crippen LogP contribution is -1.93. The van der Waals surface area contributed by atoms with Gasteiger partial charge in [-0.2, -0.15) is 0 Å². The van der Waals surface area contributed by atoms with Crippen LogP contribution in [0.25, 0.3) is 11.3 Å². The first kappa shape index (κ1) is 12.5. The van der Waals surface area contributed by atoms with Gasteiger partial charge in [0.1, 0.15) is 0 Å². The van der Waals surface area contributed by atoms with Crippen molar-refractivity contribution in [1.29, 1.82) is 0 Å². The maximum absolute atomic E-state index is 5.85. The molecule has 0 aliphatic carbocycles. The fourth-order valence-corrected chi connectivity index (χ4v) is 2.49. The van der Waals surface area contributed by atoms with E-state index in [2.05, 4.69) is 20.9 Å². The summed E-state index contributed by atoms with van der Waals surface area (Å²) in [6.45, 7) is 0.704. The van der Waals surface area contributed by atoms with Crippen molar-refractivity contribution < 1.29 is 4.74 Å². The van der Waals surface area contributed by atoms with Crippen LogP contribution in [0.3, 0.4) is 0 Å². The topological polar surface area (TPSA) is 48.1 Å². The monoisotopic (exact) mass is 312 g/mol. The van der Waals surface area contributed by atoms with Crippen molar-refractivity contribution in [3.63, 3.8) is 0 Å². The quantitative estimate of drug-likeness (QED) is 0.881. The fourth-order valence-electron chi connectivity index (χ4n) is 1.45. The number of methoxy groups -OCH3 is 1. The van der Waals surface area contributed by atoms with Crippen LogP contribution in [0.15, 0.2) is 28.1 Å². The molecule has 2 N–H and O–H groups in total. The van der Waals surface area contributed by atoms with Crippen molar-refractivity contribution in [3.8, 4) is 11.3 Å². The Balaban J connectivity index is 2.21. The highest BCUT2D eigenvalue weighted by molar-refractivity contribution is 9.10. The minimum atomic E-state index is 0.704. The van der Waals surface area contributed by atoms with Crippen molar-refractivity contribution in [2.75, 3.05) is 19.5 Å². The van der Waals surface area contributed by atoms with Gasteiger partial charge in [-0.3, -0.25) is 0 Å². The van der Waals surface area contributed by atoms with Crippen molar-refractivity contribution in [1.82, 2.24) is 4.98 Å². The van der Waals surface area contributed by atoms with E-state index in [0.717, 1.165) is 32.8 Å². The van der Waals surface area contributed by atoms with Gasteiger partial charge in [0.25, 0.3) is 0 Å². The van der Waals surface area contributed by atoms with Crippen LogP contribution in [-0.2, 0) is 11.2 Å². The summed E-state index contributed by atoms with van der Waals surface area (Å²) in [4.78, 5) is 4.56. The number of thiazole rings is 1. The van der Waals surface area contributed by atoms with Gasteiger partial charge >= 0.3 is 0 Å². The van der Waals surface area contributed by atoms with Crippen LogP contribution >= 0.6 is 27.3 Å². The highest BCUT2D eigenvalue weighted by Crippen LogP contribution is 2.28. The summed E-state index contributed by atoms with van der Waals surface area (Å²) in [5.74, 6) is 0. The van der Waals surface area contributed by atoms with Gasteiger partial charge in [0, 0.05) is 34.6 Å². The summed E-state index contributed by atoms with van der Waals surface area (Å²) in [6.07, 6.45) is 0.854. The van der Waals surface area contributed by atoms with Gasteiger partial charge in [-0.05, 0) is 28.1 Å².